The van der Waals surface area contributed by atoms with Crippen LogP contribution in [0.3, 0.4) is 0 Å². The highest BCUT2D eigenvalue weighted by atomic mass is 16.5. The first-order valence-corrected chi connectivity index (χ1v) is 14.0. The average Bonchev–Trinajstić information content (AvgIpc) is 3.03. The summed E-state index contributed by atoms with van der Waals surface area (Å²) in [4.78, 5) is 31.2. The van der Waals surface area contributed by atoms with Crippen molar-refractivity contribution in [3.05, 3.63) is 88.3 Å². The summed E-state index contributed by atoms with van der Waals surface area (Å²) in [5, 5.41) is 0.692. The maximum atomic E-state index is 14.1. The molecule has 0 N–H and O–H groups in total. The number of hydrogen-bond acceptors (Lipinski definition) is 8. The van der Waals surface area contributed by atoms with E-state index in [4.69, 9.17) is 23.4 Å². The Balaban J connectivity index is 1.37. The largest absolute Gasteiger partial charge is 0.493 e. The van der Waals surface area contributed by atoms with Gasteiger partial charge in [-0.25, -0.2) is 4.79 Å². The monoisotopic (exact) mass is 572 g/mol. The van der Waals surface area contributed by atoms with Gasteiger partial charge in [0.1, 0.15) is 11.1 Å². The highest BCUT2D eigenvalue weighted by Crippen LogP contribution is 2.35. The molecule has 2 heterocycles. The number of ether oxygens (including phenoxy) is 4. The van der Waals surface area contributed by atoms with E-state index in [1.54, 1.807) is 63.7 Å². The predicted molar refractivity (Wildman–Crippen MR) is 162 cm³/mol. The van der Waals surface area contributed by atoms with E-state index < -0.39 is 11.5 Å². The molecule has 1 fully saturated rings. The maximum absolute atomic E-state index is 14.1. The van der Waals surface area contributed by atoms with Crippen LogP contribution in [0.1, 0.15) is 28.8 Å². The first-order valence-electron chi connectivity index (χ1n) is 14.0. The Morgan fingerprint density at radius 1 is 0.833 bits per heavy atom. The Bertz CT molecular complexity index is 1610. The van der Waals surface area contributed by atoms with Crippen LogP contribution < -0.4 is 29.5 Å². The molecule has 220 valence electrons. The smallest absolute Gasteiger partial charge is 0.349 e. The SMILES string of the molecule is COc1ccc(CCN2CCC(N(C(=O)c3cc4ccccc4oc3=O)c3ccc(OC)c(OC)c3)CC2)cc1OC. The number of anilines is 1. The van der Waals surface area contributed by atoms with Crippen molar-refractivity contribution in [3.8, 4) is 23.0 Å². The normalized spacial score (nSPS) is 14.0. The van der Waals surface area contributed by atoms with Gasteiger partial charge in [0.15, 0.2) is 23.0 Å². The zero-order valence-corrected chi connectivity index (χ0v) is 24.4. The Labute approximate surface area is 245 Å². The van der Waals surface area contributed by atoms with Gasteiger partial charge in [0.2, 0.25) is 0 Å². The molecule has 4 aromatic rings. The molecule has 1 saturated heterocycles. The Morgan fingerprint density at radius 2 is 1.48 bits per heavy atom. The van der Waals surface area contributed by atoms with Crippen LogP contribution in [0.25, 0.3) is 11.0 Å². The van der Waals surface area contributed by atoms with Gasteiger partial charge in [-0.05, 0) is 61.2 Å². The van der Waals surface area contributed by atoms with Gasteiger partial charge in [-0.3, -0.25) is 4.79 Å². The number of nitrogens with zero attached hydrogens (tertiary/aromatic N) is 2. The number of benzene rings is 3. The van der Waals surface area contributed by atoms with Gasteiger partial charge in [0.05, 0.1) is 28.4 Å². The standard InChI is InChI=1S/C33H36N2O7/c1-38-28-11-9-22(19-30(28)40-3)13-16-34-17-14-24(15-18-34)35(25-10-12-29(39-2)31(21-25)41-4)32(36)26-20-23-7-5-6-8-27(23)42-33(26)37/h5-12,19-21,24H,13-18H2,1-4H3. The minimum Gasteiger partial charge on any atom is -0.493 e. The number of hydrogen-bond donors (Lipinski definition) is 0. The van der Waals surface area contributed by atoms with Gasteiger partial charge in [0, 0.05) is 42.8 Å². The summed E-state index contributed by atoms with van der Waals surface area (Å²) in [5.41, 5.74) is 1.59. The summed E-state index contributed by atoms with van der Waals surface area (Å²) in [7, 11) is 6.39. The van der Waals surface area contributed by atoms with Crippen molar-refractivity contribution in [3.63, 3.8) is 0 Å². The van der Waals surface area contributed by atoms with Gasteiger partial charge in [-0.2, -0.15) is 0 Å². The first-order chi connectivity index (χ1) is 20.4. The molecule has 9 heteroatoms. The molecular weight excluding hydrogens is 536 g/mol. The summed E-state index contributed by atoms with van der Waals surface area (Å²) in [6, 6.07) is 20.1. The fourth-order valence-electron chi connectivity index (χ4n) is 5.53. The van der Waals surface area contributed by atoms with Gasteiger partial charge in [-0.1, -0.05) is 24.3 Å². The molecule has 0 atom stereocenters. The van der Waals surface area contributed by atoms with Crippen molar-refractivity contribution in [1.82, 2.24) is 4.90 Å². The van der Waals surface area contributed by atoms with Crippen LogP contribution in [0.5, 0.6) is 23.0 Å². The lowest BCUT2D eigenvalue weighted by molar-refractivity contribution is 0.0957. The Hall–Kier alpha value is -4.50. The van der Waals surface area contributed by atoms with Crippen LogP contribution in [-0.2, 0) is 6.42 Å². The van der Waals surface area contributed by atoms with E-state index in [1.807, 2.05) is 30.3 Å². The molecule has 1 aliphatic rings. The summed E-state index contributed by atoms with van der Waals surface area (Å²) < 4.78 is 27.3. The molecule has 0 unspecified atom stereocenters. The number of carbonyl (C=O) groups excluding carboxylic acids is 1. The summed E-state index contributed by atoms with van der Waals surface area (Å²) in [5.74, 6) is 2.10. The number of methoxy groups -OCH3 is 4. The zero-order valence-electron chi connectivity index (χ0n) is 24.4. The number of likely N-dealkylation sites (tertiary alicyclic amines) is 1. The van der Waals surface area contributed by atoms with Gasteiger partial charge in [-0.15, -0.1) is 0 Å². The first kappa shape index (κ1) is 29.0. The number of carbonyl (C=O) groups is 1. The molecule has 9 nitrogen and oxygen atoms in total. The minimum atomic E-state index is -0.656. The Morgan fingerprint density at radius 3 is 2.17 bits per heavy atom. The quantitative estimate of drug-likeness (QED) is 0.240. The van der Waals surface area contributed by atoms with E-state index in [0.29, 0.717) is 33.9 Å². The van der Waals surface area contributed by atoms with Crippen LogP contribution in [0.4, 0.5) is 5.69 Å². The second-order valence-corrected chi connectivity index (χ2v) is 10.2. The van der Waals surface area contributed by atoms with E-state index in [-0.39, 0.29) is 11.6 Å². The van der Waals surface area contributed by atoms with E-state index >= 15 is 0 Å². The number of rotatable bonds is 10. The molecule has 1 aliphatic heterocycles. The maximum Gasteiger partial charge on any atom is 0.349 e. The third kappa shape index (κ3) is 6.06. The number of para-hydroxylation sites is 1. The minimum absolute atomic E-state index is 0.000586. The fraction of sp³-hybridized carbons (Fsp3) is 0.333. The molecule has 0 spiro atoms. The lowest BCUT2D eigenvalue weighted by Crippen LogP contribution is -2.48. The third-order valence-electron chi connectivity index (χ3n) is 7.82. The Kier molecular flexibility index (Phi) is 8.97. The highest BCUT2D eigenvalue weighted by molar-refractivity contribution is 6.07. The van der Waals surface area contributed by atoms with Crippen LogP contribution in [-0.4, -0.2) is 64.9 Å². The molecule has 0 bridgehead atoms. The average molecular weight is 573 g/mol. The van der Waals surface area contributed by atoms with Crippen LogP contribution in [0.15, 0.2) is 75.9 Å². The van der Waals surface area contributed by atoms with Crippen molar-refractivity contribution >= 4 is 22.6 Å². The van der Waals surface area contributed by atoms with Crippen molar-refractivity contribution in [1.29, 1.82) is 0 Å². The van der Waals surface area contributed by atoms with Crippen molar-refractivity contribution in [2.75, 3.05) is 53.0 Å². The summed E-state index contributed by atoms with van der Waals surface area (Å²) in [6.45, 7) is 2.49. The highest BCUT2D eigenvalue weighted by Gasteiger charge is 2.32. The van der Waals surface area contributed by atoms with E-state index in [9.17, 15) is 9.59 Å². The molecule has 42 heavy (non-hydrogen) atoms. The van der Waals surface area contributed by atoms with Crippen LogP contribution in [0.2, 0.25) is 0 Å². The zero-order chi connectivity index (χ0) is 29.6. The van der Waals surface area contributed by atoms with E-state index in [0.717, 1.165) is 44.6 Å². The second-order valence-electron chi connectivity index (χ2n) is 10.2. The second kappa shape index (κ2) is 13.0. The molecule has 3 aromatic carbocycles. The number of fused-ring (bicyclic) bond motifs is 1. The lowest BCUT2D eigenvalue weighted by atomic mass is 10.00. The lowest BCUT2D eigenvalue weighted by Gasteiger charge is -2.38. The predicted octanol–water partition coefficient (Wildman–Crippen LogP) is 5.18. The molecule has 1 amide bonds. The molecule has 0 saturated carbocycles. The van der Waals surface area contributed by atoms with Crippen LogP contribution in [0, 0.1) is 0 Å². The van der Waals surface area contributed by atoms with Gasteiger partial charge >= 0.3 is 5.63 Å². The topological polar surface area (TPSA) is 90.7 Å². The molecule has 0 radical (unpaired) electrons. The van der Waals surface area contributed by atoms with Crippen molar-refractivity contribution in [2.24, 2.45) is 0 Å². The van der Waals surface area contributed by atoms with Gasteiger partial charge < -0.3 is 33.2 Å². The molecule has 1 aromatic heterocycles. The number of amides is 1. The van der Waals surface area contributed by atoms with Gasteiger partial charge in [0.25, 0.3) is 5.91 Å². The fourth-order valence-corrected chi connectivity index (χ4v) is 5.53. The number of piperidine rings is 1. The van der Waals surface area contributed by atoms with E-state index in [1.165, 1.54) is 5.56 Å². The van der Waals surface area contributed by atoms with Crippen molar-refractivity contribution in [2.45, 2.75) is 25.3 Å². The summed E-state index contributed by atoms with van der Waals surface area (Å²) in [6.07, 6.45) is 2.34. The van der Waals surface area contributed by atoms with E-state index in [2.05, 4.69) is 11.0 Å². The van der Waals surface area contributed by atoms with Crippen molar-refractivity contribution < 1.29 is 28.2 Å². The summed E-state index contributed by atoms with van der Waals surface area (Å²) >= 11 is 0. The molecule has 5 rings (SSSR count). The third-order valence-corrected chi connectivity index (χ3v) is 7.82. The molecule has 0 aliphatic carbocycles. The van der Waals surface area contributed by atoms with Crippen LogP contribution >= 0.6 is 0 Å². The molecular formula is C33H36N2O7.